The Morgan fingerprint density at radius 1 is 1.14 bits per heavy atom. The number of thioether (sulfide) groups is 1. The van der Waals surface area contributed by atoms with Crippen LogP contribution in [-0.2, 0) is 12.3 Å². The Kier molecular flexibility index (Phi) is 4.98. The summed E-state index contributed by atoms with van der Waals surface area (Å²) in [7, 11) is 0. The van der Waals surface area contributed by atoms with Crippen LogP contribution in [0.2, 0.25) is 0 Å². The molecule has 3 rings (SSSR count). The summed E-state index contributed by atoms with van der Waals surface area (Å²) >= 11 is 3.41. The van der Waals surface area contributed by atoms with Crippen molar-refractivity contribution in [3.8, 4) is 0 Å². The maximum absolute atomic E-state index is 12.4. The van der Waals surface area contributed by atoms with Crippen molar-refractivity contribution in [3.05, 3.63) is 76.4 Å². The van der Waals surface area contributed by atoms with E-state index in [0.717, 1.165) is 16.4 Å². The summed E-state index contributed by atoms with van der Waals surface area (Å²) in [6.45, 7) is 0.399. The molecule has 2 heterocycles. The summed E-state index contributed by atoms with van der Waals surface area (Å²) < 4.78 is 5.23. The highest BCUT2D eigenvalue weighted by molar-refractivity contribution is 7.98. The Balaban J connectivity index is 1.65. The molecule has 0 aliphatic carbocycles. The van der Waals surface area contributed by atoms with Gasteiger partial charge in [-0.15, -0.1) is 23.1 Å². The number of hydrogen-bond acceptors (Lipinski definition) is 4. The predicted octanol–water partition coefficient (Wildman–Crippen LogP) is 4.56. The fourth-order valence-electron chi connectivity index (χ4n) is 2.00. The first-order chi connectivity index (χ1) is 10.8. The van der Waals surface area contributed by atoms with Gasteiger partial charge in [0.1, 0.15) is 5.76 Å². The van der Waals surface area contributed by atoms with Crippen LogP contribution in [0.25, 0.3) is 0 Å². The smallest absolute Gasteiger partial charge is 0.252 e. The van der Waals surface area contributed by atoms with Gasteiger partial charge in [-0.3, -0.25) is 4.79 Å². The van der Waals surface area contributed by atoms with Crippen LogP contribution in [0.4, 0.5) is 0 Å². The number of hydrogen-bond donors (Lipinski definition) is 1. The Labute approximate surface area is 137 Å². The SMILES string of the molecule is O=C(NCc1ccco1)c1ccccc1SCc1cccs1. The Hall–Kier alpha value is -1.98. The predicted molar refractivity (Wildman–Crippen MR) is 90.2 cm³/mol. The third-order valence-corrected chi connectivity index (χ3v) is 5.27. The first-order valence-electron chi connectivity index (χ1n) is 6.88. The number of benzene rings is 1. The van der Waals surface area contributed by atoms with Crippen LogP contribution < -0.4 is 5.32 Å². The highest BCUT2D eigenvalue weighted by atomic mass is 32.2. The third-order valence-electron chi connectivity index (χ3n) is 3.08. The lowest BCUT2D eigenvalue weighted by atomic mass is 10.2. The van der Waals surface area contributed by atoms with Gasteiger partial charge in [0.15, 0.2) is 0 Å². The molecule has 0 radical (unpaired) electrons. The average Bonchev–Trinajstić information content (AvgIpc) is 3.24. The summed E-state index contributed by atoms with van der Waals surface area (Å²) in [5.74, 6) is 1.54. The van der Waals surface area contributed by atoms with Crippen LogP contribution in [0.1, 0.15) is 21.0 Å². The zero-order valence-electron chi connectivity index (χ0n) is 11.8. The molecular weight excluding hydrogens is 314 g/mol. The van der Waals surface area contributed by atoms with Crippen molar-refractivity contribution in [3.63, 3.8) is 0 Å². The quantitative estimate of drug-likeness (QED) is 0.674. The molecule has 1 amide bonds. The molecule has 0 atom stereocenters. The fraction of sp³-hybridized carbons (Fsp3) is 0.118. The van der Waals surface area contributed by atoms with E-state index < -0.39 is 0 Å². The van der Waals surface area contributed by atoms with Gasteiger partial charge in [0.2, 0.25) is 0 Å². The maximum atomic E-state index is 12.4. The molecule has 0 saturated heterocycles. The molecule has 0 aliphatic rings. The molecule has 2 aromatic heterocycles. The Morgan fingerprint density at radius 2 is 2.05 bits per heavy atom. The van der Waals surface area contributed by atoms with Crippen molar-refractivity contribution in [2.75, 3.05) is 0 Å². The van der Waals surface area contributed by atoms with E-state index in [1.807, 2.05) is 42.5 Å². The van der Waals surface area contributed by atoms with E-state index in [1.165, 1.54) is 4.88 Å². The van der Waals surface area contributed by atoms with E-state index >= 15 is 0 Å². The summed E-state index contributed by atoms with van der Waals surface area (Å²) in [6, 6.07) is 15.5. The highest BCUT2D eigenvalue weighted by Crippen LogP contribution is 2.27. The van der Waals surface area contributed by atoms with Crippen molar-refractivity contribution in [2.45, 2.75) is 17.2 Å². The van der Waals surface area contributed by atoms with Crippen LogP contribution in [0.15, 0.2) is 69.5 Å². The summed E-state index contributed by atoms with van der Waals surface area (Å²) in [5, 5.41) is 4.96. The topological polar surface area (TPSA) is 42.2 Å². The molecule has 3 aromatic rings. The van der Waals surface area contributed by atoms with Crippen molar-refractivity contribution < 1.29 is 9.21 Å². The van der Waals surface area contributed by atoms with E-state index in [1.54, 1.807) is 29.4 Å². The van der Waals surface area contributed by atoms with Crippen LogP contribution in [0.5, 0.6) is 0 Å². The lowest BCUT2D eigenvalue weighted by Gasteiger charge is -2.08. The van der Waals surface area contributed by atoms with E-state index in [0.29, 0.717) is 12.1 Å². The minimum absolute atomic E-state index is 0.0781. The van der Waals surface area contributed by atoms with Gasteiger partial charge in [-0.25, -0.2) is 0 Å². The number of furan rings is 1. The largest absolute Gasteiger partial charge is 0.467 e. The molecule has 3 nitrogen and oxygen atoms in total. The molecule has 5 heteroatoms. The number of carbonyl (C=O) groups is 1. The van der Waals surface area contributed by atoms with Gasteiger partial charge in [-0.2, -0.15) is 0 Å². The maximum Gasteiger partial charge on any atom is 0.252 e. The van der Waals surface area contributed by atoms with E-state index in [2.05, 4.69) is 16.8 Å². The lowest BCUT2D eigenvalue weighted by Crippen LogP contribution is -2.23. The minimum Gasteiger partial charge on any atom is -0.467 e. The molecule has 1 aromatic carbocycles. The average molecular weight is 329 g/mol. The first-order valence-corrected chi connectivity index (χ1v) is 8.74. The minimum atomic E-state index is -0.0781. The molecule has 112 valence electrons. The van der Waals surface area contributed by atoms with Gasteiger partial charge >= 0.3 is 0 Å². The second-order valence-corrected chi connectivity index (χ2v) is 6.68. The summed E-state index contributed by atoms with van der Waals surface area (Å²) in [4.78, 5) is 14.7. The van der Waals surface area contributed by atoms with Gasteiger partial charge in [0.25, 0.3) is 5.91 Å². The Morgan fingerprint density at radius 3 is 2.82 bits per heavy atom. The number of amides is 1. The third kappa shape index (κ3) is 3.81. The highest BCUT2D eigenvalue weighted by Gasteiger charge is 2.11. The van der Waals surface area contributed by atoms with Crippen molar-refractivity contribution in [2.24, 2.45) is 0 Å². The van der Waals surface area contributed by atoms with Crippen LogP contribution >= 0.6 is 23.1 Å². The van der Waals surface area contributed by atoms with Gasteiger partial charge in [0, 0.05) is 15.5 Å². The van der Waals surface area contributed by atoms with Crippen molar-refractivity contribution in [1.29, 1.82) is 0 Å². The van der Waals surface area contributed by atoms with Crippen molar-refractivity contribution >= 4 is 29.0 Å². The first kappa shape index (κ1) is 14.9. The summed E-state index contributed by atoms with van der Waals surface area (Å²) in [6.07, 6.45) is 1.60. The molecular formula is C17H15NO2S2. The standard InChI is InChI=1S/C17H15NO2S2/c19-17(18-11-13-5-3-9-20-13)15-7-1-2-8-16(15)22-12-14-6-4-10-21-14/h1-10H,11-12H2,(H,18,19). The van der Waals surface area contributed by atoms with Gasteiger partial charge < -0.3 is 9.73 Å². The molecule has 1 N–H and O–H groups in total. The number of thiophene rings is 1. The van der Waals surface area contributed by atoms with Gasteiger partial charge in [-0.1, -0.05) is 18.2 Å². The second kappa shape index (κ2) is 7.33. The number of carbonyl (C=O) groups excluding carboxylic acids is 1. The van der Waals surface area contributed by atoms with Crippen LogP contribution in [0.3, 0.4) is 0 Å². The van der Waals surface area contributed by atoms with Crippen LogP contribution in [-0.4, -0.2) is 5.91 Å². The number of rotatable bonds is 6. The second-order valence-electron chi connectivity index (χ2n) is 4.63. The van der Waals surface area contributed by atoms with Crippen LogP contribution in [0, 0.1) is 0 Å². The lowest BCUT2D eigenvalue weighted by molar-refractivity contribution is 0.0945. The van der Waals surface area contributed by atoms with E-state index in [9.17, 15) is 4.79 Å². The molecule has 0 unspecified atom stereocenters. The molecule has 0 aliphatic heterocycles. The molecule has 0 bridgehead atoms. The van der Waals surface area contributed by atoms with Gasteiger partial charge in [0.05, 0.1) is 18.4 Å². The number of nitrogens with one attached hydrogen (secondary N) is 1. The van der Waals surface area contributed by atoms with Gasteiger partial charge in [-0.05, 0) is 35.7 Å². The van der Waals surface area contributed by atoms with E-state index in [-0.39, 0.29) is 5.91 Å². The fourth-order valence-corrected chi connectivity index (χ4v) is 3.82. The monoisotopic (exact) mass is 329 g/mol. The molecule has 0 saturated carbocycles. The van der Waals surface area contributed by atoms with E-state index in [4.69, 9.17) is 4.42 Å². The van der Waals surface area contributed by atoms with Crippen molar-refractivity contribution in [1.82, 2.24) is 5.32 Å². The summed E-state index contributed by atoms with van der Waals surface area (Å²) in [5.41, 5.74) is 0.704. The zero-order valence-corrected chi connectivity index (χ0v) is 13.5. The Bertz CT molecular complexity index is 721. The zero-order chi connectivity index (χ0) is 15.2. The molecule has 22 heavy (non-hydrogen) atoms. The molecule has 0 spiro atoms. The normalized spacial score (nSPS) is 10.5. The molecule has 0 fully saturated rings.